The molecule has 0 saturated carbocycles. The van der Waals surface area contributed by atoms with Gasteiger partial charge in [-0.1, -0.05) is 66.2 Å². The molecule has 5 aromatic carbocycles. The minimum atomic E-state index is -6.11. The van der Waals surface area contributed by atoms with Crippen LogP contribution in [0.3, 0.4) is 0 Å². The summed E-state index contributed by atoms with van der Waals surface area (Å²) in [6.07, 6.45) is 0.585. The van der Waals surface area contributed by atoms with Gasteiger partial charge in [-0.05, 0) is 109 Å². The summed E-state index contributed by atoms with van der Waals surface area (Å²) < 4.78 is 103. The van der Waals surface area contributed by atoms with Gasteiger partial charge in [0.25, 0.3) is 25.8 Å². The molecular weight excluding hydrogens is 937 g/mol. The highest BCUT2D eigenvalue weighted by atomic mass is 35.5. The summed E-state index contributed by atoms with van der Waals surface area (Å²) in [7, 11) is -11.0. The van der Waals surface area contributed by atoms with Crippen LogP contribution in [0.5, 0.6) is 0 Å². The maximum atomic E-state index is 14.2. The molecule has 2 fully saturated rings. The number of anilines is 2. The Kier molecular flexibility index (Phi) is 16.1. The van der Waals surface area contributed by atoms with Crippen molar-refractivity contribution in [2.45, 2.75) is 57.7 Å². The number of morpholine rings is 1. The van der Waals surface area contributed by atoms with E-state index in [-0.39, 0.29) is 18.1 Å². The number of sulfone groups is 1. The van der Waals surface area contributed by atoms with Gasteiger partial charge in [0.1, 0.15) is 4.90 Å². The van der Waals surface area contributed by atoms with Gasteiger partial charge in [-0.2, -0.15) is 13.2 Å². The van der Waals surface area contributed by atoms with Crippen molar-refractivity contribution < 1.29 is 49.8 Å². The number of carbonyl (C=O) groups excluding carboxylic acids is 1. The number of carbonyl (C=O) groups is 1. The predicted molar refractivity (Wildman–Crippen MR) is 250 cm³/mol. The third kappa shape index (κ3) is 12.1. The lowest BCUT2D eigenvalue weighted by atomic mass is 9.84. The van der Waals surface area contributed by atoms with Gasteiger partial charge in [0.05, 0.1) is 36.0 Å². The van der Waals surface area contributed by atoms with Gasteiger partial charge in [-0.3, -0.25) is 9.69 Å². The number of benzene rings is 5. The van der Waals surface area contributed by atoms with Crippen LogP contribution in [0.4, 0.5) is 24.5 Å². The number of aliphatic hydroxyl groups is 2. The zero-order valence-corrected chi connectivity index (χ0v) is 38.8. The molecule has 5 aromatic rings. The van der Waals surface area contributed by atoms with Gasteiger partial charge in [0, 0.05) is 65.7 Å². The van der Waals surface area contributed by atoms with Crippen molar-refractivity contribution in [3.05, 3.63) is 137 Å². The highest BCUT2D eigenvalue weighted by Crippen LogP contribution is 2.39. The van der Waals surface area contributed by atoms with E-state index in [1.54, 1.807) is 12.1 Å². The SMILES string of the molecule is O=C(NS(=O)(=O)c1ccc(N[C@@H](CCN2CCO[C@H](CO)C2)CSc2ccccc2)c(S(=O)(=O)C(F)(F)F)c1)c1ccc(N2CCC([C@H](O)c3ccccc3-c3ccc(Cl)cc3)CC2)cc1. The number of nitrogens with one attached hydrogen (secondary N) is 2. The van der Waals surface area contributed by atoms with Crippen LogP contribution in [0.25, 0.3) is 11.1 Å². The van der Waals surface area contributed by atoms with E-state index in [0.29, 0.717) is 75.4 Å². The molecule has 1 amide bonds. The lowest BCUT2D eigenvalue weighted by Gasteiger charge is -2.36. The summed E-state index contributed by atoms with van der Waals surface area (Å²) in [5.74, 6) is -0.793. The number of aliphatic hydroxyl groups excluding tert-OH is 2. The van der Waals surface area contributed by atoms with Gasteiger partial charge < -0.3 is 25.2 Å². The van der Waals surface area contributed by atoms with Crippen molar-refractivity contribution in [3.8, 4) is 11.1 Å². The second kappa shape index (κ2) is 21.5. The third-order valence-electron chi connectivity index (χ3n) is 11.8. The minimum Gasteiger partial charge on any atom is -0.394 e. The molecule has 3 atom stereocenters. The largest absolute Gasteiger partial charge is 0.501 e. The number of piperidine rings is 1. The lowest BCUT2D eigenvalue weighted by Crippen LogP contribution is -2.45. The average Bonchev–Trinajstić information content (AvgIpc) is 3.32. The number of sulfonamides is 1. The van der Waals surface area contributed by atoms with Gasteiger partial charge in [0.15, 0.2) is 0 Å². The monoisotopic (exact) mass is 986 g/mol. The molecule has 352 valence electrons. The second-order valence-electron chi connectivity index (χ2n) is 16.2. The minimum absolute atomic E-state index is 0.0249. The Balaban J connectivity index is 1.03. The quantitative estimate of drug-likeness (QED) is 0.0665. The van der Waals surface area contributed by atoms with Crippen LogP contribution < -0.4 is 14.9 Å². The molecule has 2 saturated heterocycles. The molecule has 12 nitrogen and oxygen atoms in total. The number of halogens is 4. The standard InChI is InChI=1S/C47H50ClF3N4O8S3/c48-35-14-10-32(11-15-35)41-8-4-5-9-42(41)45(57)33-20-24-55(25-21-33)37-16-12-34(13-17-37)46(58)53-66(61,62)40-18-19-43(44(28-40)65(59,60)47(49,50)51)52-36(31-64-39-6-2-1-3-7-39)22-23-54-26-27-63-38(29-54)30-56/h1-19,28,33,36,38,45,52,56-57H,20-27,29-31H2,(H,53,58)/t36-,38-,45-/m0/s1. The molecule has 0 aliphatic carbocycles. The molecule has 2 aliphatic heterocycles. The van der Waals surface area contributed by atoms with Crippen molar-refractivity contribution in [1.82, 2.24) is 9.62 Å². The molecule has 0 aromatic heterocycles. The first-order valence-corrected chi connectivity index (χ1v) is 25.6. The van der Waals surface area contributed by atoms with E-state index in [1.165, 1.54) is 23.9 Å². The Labute approximate surface area is 392 Å². The average molecular weight is 988 g/mol. The van der Waals surface area contributed by atoms with Crippen LogP contribution in [0.1, 0.15) is 41.3 Å². The lowest BCUT2D eigenvalue weighted by molar-refractivity contribution is -0.0529. The fourth-order valence-corrected chi connectivity index (χ4v) is 11.3. The smallest absolute Gasteiger partial charge is 0.394 e. The van der Waals surface area contributed by atoms with Crippen molar-refractivity contribution in [1.29, 1.82) is 0 Å². The molecule has 0 radical (unpaired) electrons. The predicted octanol–water partition coefficient (Wildman–Crippen LogP) is 8.03. The highest BCUT2D eigenvalue weighted by Gasteiger charge is 2.48. The summed E-state index contributed by atoms with van der Waals surface area (Å²) in [6, 6.07) is 32.3. The summed E-state index contributed by atoms with van der Waals surface area (Å²) >= 11 is 7.50. The Morgan fingerprint density at radius 1 is 0.879 bits per heavy atom. The van der Waals surface area contributed by atoms with Gasteiger partial charge in [-0.15, -0.1) is 11.8 Å². The topological polar surface area (TPSA) is 166 Å². The van der Waals surface area contributed by atoms with E-state index in [2.05, 4.69) is 10.2 Å². The van der Waals surface area contributed by atoms with Crippen LogP contribution >= 0.6 is 23.4 Å². The first kappa shape index (κ1) is 49.3. The molecule has 2 heterocycles. The van der Waals surface area contributed by atoms with Gasteiger partial charge >= 0.3 is 5.51 Å². The normalized spacial score (nSPS) is 17.5. The van der Waals surface area contributed by atoms with Crippen molar-refractivity contribution in [2.24, 2.45) is 5.92 Å². The summed E-state index contributed by atoms with van der Waals surface area (Å²) in [5.41, 5.74) is -2.84. The number of nitrogens with zero attached hydrogens (tertiary/aromatic N) is 2. The zero-order chi connectivity index (χ0) is 47.1. The number of hydrogen-bond donors (Lipinski definition) is 4. The number of ether oxygens (including phenoxy) is 1. The molecule has 19 heteroatoms. The van der Waals surface area contributed by atoms with Crippen molar-refractivity contribution in [2.75, 3.05) is 61.9 Å². The first-order chi connectivity index (χ1) is 31.5. The van der Waals surface area contributed by atoms with E-state index in [0.717, 1.165) is 39.4 Å². The fraction of sp³-hybridized carbons (Fsp3) is 0.340. The second-order valence-corrected chi connectivity index (χ2v) is 21.3. The van der Waals surface area contributed by atoms with Crippen LogP contribution in [-0.2, 0) is 24.6 Å². The van der Waals surface area contributed by atoms with E-state index < -0.39 is 65.0 Å². The van der Waals surface area contributed by atoms with Crippen LogP contribution in [0.15, 0.2) is 136 Å². The van der Waals surface area contributed by atoms with Crippen molar-refractivity contribution >= 4 is 60.5 Å². The van der Waals surface area contributed by atoms with E-state index >= 15 is 0 Å². The molecule has 0 bridgehead atoms. The number of rotatable bonds is 17. The highest BCUT2D eigenvalue weighted by molar-refractivity contribution is 7.99. The van der Waals surface area contributed by atoms with Gasteiger partial charge in [-0.25, -0.2) is 21.6 Å². The number of alkyl halides is 3. The van der Waals surface area contributed by atoms with Crippen molar-refractivity contribution in [3.63, 3.8) is 0 Å². The number of hydrogen-bond acceptors (Lipinski definition) is 12. The summed E-state index contributed by atoms with van der Waals surface area (Å²) in [6.45, 7) is 2.83. The summed E-state index contributed by atoms with van der Waals surface area (Å²) in [5, 5.41) is 24.7. The maximum Gasteiger partial charge on any atom is 0.501 e. The Hall–Kier alpha value is -4.66. The Morgan fingerprint density at radius 3 is 2.24 bits per heavy atom. The number of amides is 1. The Morgan fingerprint density at radius 2 is 1.56 bits per heavy atom. The maximum absolute atomic E-state index is 14.2. The molecule has 0 spiro atoms. The van der Waals surface area contributed by atoms with Crippen LogP contribution in [-0.4, -0.2) is 107 Å². The van der Waals surface area contributed by atoms with E-state index in [9.17, 15) is 45.0 Å². The Bertz CT molecular complexity index is 2660. The summed E-state index contributed by atoms with van der Waals surface area (Å²) in [4.78, 5) is 16.2. The molecule has 4 N–H and O–H groups in total. The third-order valence-corrected chi connectivity index (χ3v) is 16.1. The first-order valence-electron chi connectivity index (χ1n) is 21.3. The zero-order valence-electron chi connectivity index (χ0n) is 35.6. The van der Waals surface area contributed by atoms with Gasteiger partial charge in [0.2, 0.25) is 0 Å². The molecular formula is C47H50ClF3N4O8S3. The molecule has 0 unspecified atom stereocenters. The molecule has 2 aliphatic rings. The van der Waals surface area contributed by atoms with Crippen LogP contribution in [0, 0.1) is 5.92 Å². The van der Waals surface area contributed by atoms with E-state index in [1.807, 2.05) is 88.5 Å². The number of thioether (sulfide) groups is 1. The molecule has 66 heavy (non-hydrogen) atoms. The van der Waals surface area contributed by atoms with Crippen LogP contribution in [0.2, 0.25) is 5.02 Å². The fourth-order valence-electron chi connectivity index (χ4n) is 8.14. The van der Waals surface area contributed by atoms with E-state index in [4.69, 9.17) is 16.3 Å². The molecule has 7 rings (SSSR count).